The van der Waals surface area contributed by atoms with Crippen LogP contribution < -0.4 is 4.74 Å². The zero-order valence-electron chi connectivity index (χ0n) is 26.4. The van der Waals surface area contributed by atoms with E-state index in [1.54, 1.807) is 24.0 Å². The lowest BCUT2D eigenvalue weighted by Gasteiger charge is -2.38. The average Bonchev–Trinajstić information content (AvgIpc) is 3.41. The monoisotopic (exact) mass is 617 g/mol. The van der Waals surface area contributed by atoms with Crippen molar-refractivity contribution in [1.82, 2.24) is 14.4 Å². The lowest BCUT2D eigenvalue weighted by Crippen LogP contribution is -2.47. The first-order valence-corrected chi connectivity index (χ1v) is 15.9. The number of hydrogen-bond donors (Lipinski definition) is 1. The molecule has 1 amide bonds. The SMILES string of the molecule is CCOC(=O)n1cc(C(=O)C(=O)C2CCCCN(C)CC2)c2cc(C(=O)N3CCC(O)(Cc4ccccc4)CC3)c(OC)cc21. The molecule has 10 heteroatoms. The fourth-order valence-electron chi connectivity index (χ4n) is 6.55. The number of methoxy groups -OCH3 is 1. The summed E-state index contributed by atoms with van der Waals surface area (Å²) in [5.74, 6) is -1.65. The maximum absolute atomic E-state index is 13.9. The Morgan fingerprint density at radius 2 is 1.69 bits per heavy atom. The summed E-state index contributed by atoms with van der Waals surface area (Å²) >= 11 is 0. The van der Waals surface area contributed by atoms with Crippen molar-refractivity contribution in [2.75, 3.05) is 46.9 Å². The van der Waals surface area contributed by atoms with Crippen LogP contribution >= 0.6 is 0 Å². The first kappa shape index (κ1) is 32.4. The predicted octanol–water partition coefficient (Wildman–Crippen LogP) is 4.74. The van der Waals surface area contributed by atoms with Gasteiger partial charge in [-0.2, -0.15) is 0 Å². The maximum Gasteiger partial charge on any atom is 0.418 e. The van der Waals surface area contributed by atoms with Crippen LogP contribution in [0.15, 0.2) is 48.7 Å². The average molecular weight is 618 g/mol. The van der Waals surface area contributed by atoms with Gasteiger partial charge in [0.15, 0.2) is 0 Å². The van der Waals surface area contributed by atoms with Gasteiger partial charge in [0.1, 0.15) is 5.75 Å². The van der Waals surface area contributed by atoms with E-state index in [0.29, 0.717) is 56.1 Å². The minimum atomic E-state index is -0.922. The molecule has 2 saturated heterocycles. The van der Waals surface area contributed by atoms with E-state index in [4.69, 9.17) is 9.47 Å². The van der Waals surface area contributed by atoms with Gasteiger partial charge in [0.25, 0.3) is 5.91 Å². The second kappa shape index (κ2) is 14.0. The Balaban J connectivity index is 1.45. The summed E-state index contributed by atoms with van der Waals surface area (Å²) in [7, 11) is 3.45. The molecule has 3 heterocycles. The van der Waals surface area contributed by atoms with Gasteiger partial charge in [-0.25, -0.2) is 4.79 Å². The van der Waals surface area contributed by atoms with Gasteiger partial charge in [-0.3, -0.25) is 19.0 Å². The summed E-state index contributed by atoms with van der Waals surface area (Å²) in [6.07, 6.45) is 5.00. The standard InChI is InChI=1S/C35H43N3O7/c1-4-45-34(42)38-23-28(32(40)31(39)25-12-8-9-16-36(2)17-13-25)26-20-27(30(44-3)21-29(26)38)33(41)37-18-14-35(43,15-19-37)22-24-10-6-5-7-11-24/h5-7,10-11,20-21,23,25,43H,4,8-9,12-19,22H2,1-3H3. The Labute approximate surface area is 263 Å². The molecule has 45 heavy (non-hydrogen) atoms. The number of amides is 1. The van der Waals surface area contributed by atoms with Crippen LogP contribution in [0.1, 0.15) is 71.7 Å². The summed E-state index contributed by atoms with van der Waals surface area (Å²) in [6.45, 7) is 4.17. The van der Waals surface area contributed by atoms with E-state index >= 15 is 0 Å². The summed E-state index contributed by atoms with van der Waals surface area (Å²) < 4.78 is 12.0. The third-order valence-corrected chi connectivity index (χ3v) is 9.22. The molecule has 240 valence electrons. The molecule has 0 saturated carbocycles. The molecule has 1 N–H and O–H groups in total. The molecule has 0 radical (unpaired) electrons. The second-order valence-electron chi connectivity index (χ2n) is 12.3. The third-order valence-electron chi connectivity index (χ3n) is 9.22. The zero-order valence-corrected chi connectivity index (χ0v) is 26.4. The van der Waals surface area contributed by atoms with Crippen molar-refractivity contribution in [3.05, 3.63) is 65.4 Å². The highest BCUT2D eigenvalue weighted by molar-refractivity contribution is 6.46. The van der Waals surface area contributed by atoms with Gasteiger partial charge in [0.05, 0.1) is 36.0 Å². The molecule has 0 aliphatic carbocycles. The topological polar surface area (TPSA) is 118 Å². The molecule has 2 aliphatic rings. The number of ketones is 2. The van der Waals surface area contributed by atoms with Gasteiger partial charge < -0.3 is 24.4 Å². The Bertz CT molecular complexity index is 1560. The number of ether oxygens (including phenoxy) is 2. The third kappa shape index (κ3) is 7.12. The lowest BCUT2D eigenvalue weighted by molar-refractivity contribution is -0.119. The Morgan fingerprint density at radius 3 is 2.38 bits per heavy atom. The van der Waals surface area contributed by atoms with Crippen molar-refractivity contribution in [1.29, 1.82) is 0 Å². The Morgan fingerprint density at radius 1 is 0.956 bits per heavy atom. The number of rotatable bonds is 8. The number of aliphatic hydroxyl groups is 1. The fraction of sp³-hybridized carbons (Fsp3) is 0.486. The van der Waals surface area contributed by atoms with Crippen LogP contribution in [0.5, 0.6) is 5.75 Å². The van der Waals surface area contributed by atoms with Crippen molar-refractivity contribution in [3.8, 4) is 5.75 Å². The summed E-state index contributed by atoms with van der Waals surface area (Å²) in [6, 6.07) is 12.9. The first-order valence-electron chi connectivity index (χ1n) is 15.9. The fourth-order valence-corrected chi connectivity index (χ4v) is 6.55. The number of piperidine rings is 1. The molecule has 0 spiro atoms. The van der Waals surface area contributed by atoms with Crippen LogP contribution in [0.25, 0.3) is 10.9 Å². The van der Waals surface area contributed by atoms with Gasteiger partial charge in [0, 0.05) is 43.1 Å². The van der Waals surface area contributed by atoms with Crippen molar-refractivity contribution < 1.29 is 33.8 Å². The molecule has 10 nitrogen and oxygen atoms in total. The predicted molar refractivity (Wildman–Crippen MR) is 170 cm³/mol. The van der Waals surface area contributed by atoms with Gasteiger partial charge in [-0.05, 0) is 70.8 Å². The number of fused-ring (bicyclic) bond motifs is 1. The van der Waals surface area contributed by atoms with Crippen LogP contribution in [-0.2, 0) is 16.0 Å². The van der Waals surface area contributed by atoms with Crippen molar-refractivity contribution in [2.24, 2.45) is 5.92 Å². The summed E-state index contributed by atoms with van der Waals surface area (Å²) in [4.78, 5) is 58.1. The van der Waals surface area contributed by atoms with Crippen LogP contribution in [0.3, 0.4) is 0 Å². The van der Waals surface area contributed by atoms with Crippen LogP contribution in [-0.4, -0.2) is 95.6 Å². The number of Topliss-reactive ketones (excluding diaryl/α,β-unsaturated/α-hetero) is 2. The molecule has 3 aromatic rings. The second-order valence-corrected chi connectivity index (χ2v) is 12.3. The zero-order chi connectivity index (χ0) is 32.1. The quantitative estimate of drug-likeness (QED) is 0.285. The lowest BCUT2D eigenvalue weighted by atomic mass is 9.85. The van der Waals surface area contributed by atoms with E-state index in [0.717, 1.165) is 31.5 Å². The van der Waals surface area contributed by atoms with Gasteiger partial charge in [0.2, 0.25) is 11.6 Å². The smallest absolute Gasteiger partial charge is 0.418 e. The van der Waals surface area contributed by atoms with Gasteiger partial charge >= 0.3 is 6.09 Å². The molecule has 2 aliphatic heterocycles. The normalized spacial score (nSPS) is 19.0. The Hall–Kier alpha value is -4.02. The van der Waals surface area contributed by atoms with E-state index in [9.17, 15) is 24.3 Å². The summed E-state index contributed by atoms with van der Waals surface area (Å²) in [5, 5.41) is 11.6. The highest BCUT2D eigenvalue weighted by atomic mass is 16.5. The number of nitrogens with zero attached hydrogens (tertiary/aromatic N) is 3. The molecular formula is C35H43N3O7. The number of likely N-dealkylation sites (tertiary alicyclic amines) is 2. The number of hydrogen-bond acceptors (Lipinski definition) is 8. The van der Waals surface area contributed by atoms with E-state index in [1.807, 2.05) is 37.4 Å². The summed E-state index contributed by atoms with van der Waals surface area (Å²) in [5.41, 5.74) is 0.706. The number of carbonyl (C=O) groups is 4. The number of aromatic nitrogens is 1. The van der Waals surface area contributed by atoms with Crippen LogP contribution in [0.4, 0.5) is 4.79 Å². The van der Waals surface area contributed by atoms with Gasteiger partial charge in [-0.15, -0.1) is 0 Å². The minimum Gasteiger partial charge on any atom is -0.496 e. The van der Waals surface area contributed by atoms with Crippen LogP contribution in [0.2, 0.25) is 0 Å². The van der Waals surface area contributed by atoms with Crippen molar-refractivity contribution in [3.63, 3.8) is 0 Å². The number of benzene rings is 2. The maximum atomic E-state index is 13.9. The van der Waals surface area contributed by atoms with Crippen LogP contribution in [0, 0.1) is 5.92 Å². The largest absolute Gasteiger partial charge is 0.496 e. The van der Waals surface area contributed by atoms with E-state index in [1.165, 1.54) is 17.9 Å². The number of carbonyl (C=O) groups excluding carboxylic acids is 4. The molecule has 1 aromatic heterocycles. The van der Waals surface area contributed by atoms with E-state index in [2.05, 4.69) is 4.90 Å². The van der Waals surface area contributed by atoms with E-state index in [-0.39, 0.29) is 29.4 Å². The Kier molecular flexibility index (Phi) is 10.0. The molecule has 0 bridgehead atoms. The first-order chi connectivity index (χ1) is 21.6. The molecular weight excluding hydrogens is 574 g/mol. The molecule has 2 fully saturated rings. The van der Waals surface area contributed by atoms with Crippen molar-refractivity contribution in [2.45, 2.75) is 57.5 Å². The van der Waals surface area contributed by atoms with Gasteiger partial charge in [-0.1, -0.05) is 36.8 Å². The molecule has 1 unspecified atom stereocenters. The molecule has 5 rings (SSSR count). The molecule has 2 aromatic carbocycles. The minimum absolute atomic E-state index is 0.0612. The molecule has 1 atom stereocenters. The van der Waals surface area contributed by atoms with Crippen molar-refractivity contribution >= 4 is 34.5 Å². The highest BCUT2D eigenvalue weighted by Gasteiger charge is 2.36. The van der Waals surface area contributed by atoms with E-state index < -0.39 is 29.2 Å². The highest BCUT2D eigenvalue weighted by Crippen LogP contribution is 2.34.